The van der Waals surface area contributed by atoms with Gasteiger partial charge in [0.2, 0.25) is 17.7 Å². The van der Waals surface area contributed by atoms with E-state index < -0.39 is 30.0 Å². The van der Waals surface area contributed by atoms with Gasteiger partial charge >= 0.3 is 5.97 Å². The number of carboxylic acids is 1. The van der Waals surface area contributed by atoms with Gasteiger partial charge in [-0.15, -0.1) is 0 Å². The monoisotopic (exact) mass is 634 g/mol. The van der Waals surface area contributed by atoms with E-state index in [9.17, 15) is 38.7 Å². The Balaban J connectivity index is 1.67. The van der Waals surface area contributed by atoms with E-state index in [4.69, 9.17) is 5.73 Å². The van der Waals surface area contributed by atoms with E-state index in [1.165, 1.54) is 19.1 Å². The number of hydrogen-bond donors (Lipinski definition) is 6. The molecule has 14 nitrogen and oxygen atoms in total. The fraction of sp³-hybridized carbons (Fsp3) is 0.710. The van der Waals surface area contributed by atoms with Crippen molar-refractivity contribution in [2.24, 2.45) is 17.6 Å². The van der Waals surface area contributed by atoms with Crippen molar-refractivity contribution in [3.05, 3.63) is 12.2 Å². The van der Waals surface area contributed by atoms with Crippen LogP contribution in [0.25, 0.3) is 0 Å². The Kier molecular flexibility index (Phi) is 15.8. The van der Waals surface area contributed by atoms with E-state index in [-0.39, 0.29) is 66.7 Å². The Bertz CT molecular complexity index is 1090. The smallest absolute Gasteiger partial charge is 0.326 e. The minimum Gasteiger partial charge on any atom is -0.480 e. The molecule has 1 aliphatic carbocycles. The van der Waals surface area contributed by atoms with Gasteiger partial charge in [-0.2, -0.15) is 0 Å². The van der Waals surface area contributed by atoms with Crippen molar-refractivity contribution in [3.8, 4) is 0 Å². The zero-order valence-electron chi connectivity index (χ0n) is 26.6. The number of Topliss-reactive ketones (excluding diaryl/α,β-unsaturated/α-hetero) is 1. The highest BCUT2D eigenvalue weighted by Crippen LogP contribution is 2.23. The summed E-state index contributed by atoms with van der Waals surface area (Å²) in [6.07, 6.45) is 8.12. The molecule has 14 heteroatoms. The highest BCUT2D eigenvalue weighted by molar-refractivity contribution is 6.12. The summed E-state index contributed by atoms with van der Waals surface area (Å²) in [5, 5.41) is 20.5. The molecule has 0 saturated heterocycles. The average molecular weight is 635 g/mol. The second kappa shape index (κ2) is 19.0. The number of amides is 5. The summed E-state index contributed by atoms with van der Waals surface area (Å²) >= 11 is 0. The van der Waals surface area contributed by atoms with Crippen molar-refractivity contribution in [1.82, 2.24) is 26.2 Å². The van der Waals surface area contributed by atoms with E-state index in [0.717, 1.165) is 24.2 Å². The van der Waals surface area contributed by atoms with Gasteiger partial charge in [-0.05, 0) is 57.8 Å². The van der Waals surface area contributed by atoms with Gasteiger partial charge in [0.1, 0.15) is 6.04 Å². The maximum absolute atomic E-state index is 12.9. The number of nitrogens with two attached hydrogens (primary N) is 1. The third-order valence-corrected chi connectivity index (χ3v) is 8.23. The van der Waals surface area contributed by atoms with Crippen LogP contribution in [-0.4, -0.2) is 95.1 Å². The molecule has 0 unspecified atom stereocenters. The van der Waals surface area contributed by atoms with E-state index in [1.54, 1.807) is 13.8 Å². The lowest BCUT2D eigenvalue weighted by Gasteiger charge is -2.23. The van der Waals surface area contributed by atoms with E-state index in [0.29, 0.717) is 45.2 Å². The first-order chi connectivity index (χ1) is 21.3. The topological polar surface area (TPSA) is 217 Å². The Morgan fingerprint density at radius 3 is 2.24 bits per heavy atom. The van der Waals surface area contributed by atoms with Crippen LogP contribution in [0.4, 0.5) is 0 Å². The molecule has 1 heterocycles. The quantitative estimate of drug-likeness (QED) is 0.0741. The second-order valence-corrected chi connectivity index (χ2v) is 12.2. The van der Waals surface area contributed by atoms with Crippen LogP contribution < -0.4 is 27.0 Å². The van der Waals surface area contributed by atoms with Gasteiger partial charge in [0, 0.05) is 37.7 Å². The number of imide groups is 1. The molecule has 252 valence electrons. The SMILES string of the molecule is CC(C)[C@H](NC(=O)CCCCCN1C(=O)C=CC1=O)C(=O)CN[C@@H](C)C(=O)N[C@@H](CCCCNC(=O)[C@H]1CCC[C@H]1N)C(=O)O. The van der Waals surface area contributed by atoms with Gasteiger partial charge < -0.3 is 26.8 Å². The predicted molar refractivity (Wildman–Crippen MR) is 165 cm³/mol. The first-order valence-electron chi connectivity index (χ1n) is 16.0. The zero-order chi connectivity index (χ0) is 33.5. The maximum Gasteiger partial charge on any atom is 0.326 e. The van der Waals surface area contributed by atoms with Crippen LogP contribution in [0.3, 0.4) is 0 Å². The van der Waals surface area contributed by atoms with Crippen LogP contribution in [0.2, 0.25) is 0 Å². The third kappa shape index (κ3) is 12.7. The lowest BCUT2D eigenvalue weighted by Crippen LogP contribution is -2.52. The van der Waals surface area contributed by atoms with Crippen molar-refractivity contribution in [2.75, 3.05) is 19.6 Å². The Morgan fingerprint density at radius 2 is 1.64 bits per heavy atom. The molecule has 0 spiro atoms. The van der Waals surface area contributed by atoms with Gasteiger partial charge in [0.25, 0.3) is 11.8 Å². The van der Waals surface area contributed by atoms with Crippen molar-refractivity contribution in [3.63, 3.8) is 0 Å². The largest absolute Gasteiger partial charge is 0.480 e. The van der Waals surface area contributed by atoms with Gasteiger partial charge in [-0.25, -0.2) is 4.79 Å². The molecule has 1 fully saturated rings. The van der Waals surface area contributed by atoms with Crippen LogP contribution in [-0.2, 0) is 33.6 Å². The van der Waals surface area contributed by atoms with E-state index in [2.05, 4.69) is 21.3 Å². The molecule has 45 heavy (non-hydrogen) atoms. The maximum atomic E-state index is 12.9. The molecule has 2 aliphatic rings. The summed E-state index contributed by atoms with van der Waals surface area (Å²) in [6, 6.07) is -2.87. The molecular formula is C31H50N6O8. The van der Waals surface area contributed by atoms with Crippen molar-refractivity contribution in [2.45, 2.75) is 109 Å². The minimum absolute atomic E-state index is 0.0717. The Hall–Kier alpha value is -3.65. The fourth-order valence-corrected chi connectivity index (χ4v) is 5.39. The number of carbonyl (C=O) groups is 7. The molecule has 1 saturated carbocycles. The molecular weight excluding hydrogens is 584 g/mol. The molecule has 0 aromatic carbocycles. The standard InChI is InChI=1S/C31H50N6O8/c1-19(2)28(36-25(39)13-5-4-8-17-37-26(40)14-15-27(37)41)24(38)18-34-20(3)29(42)35-23(31(44)45)12-6-7-16-33-30(43)21-10-9-11-22(21)32/h14-15,19-23,28,34H,4-13,16-18,32H2,1-3H3,(H,33,43)(H,35,42)(H,36,39)(H,44,45)/t20-,21-,22+,23-,28-/m0/s1. The minimum atomic E-state index is -1.18. The zero-order valence-corrected chi connectivity index (χ0v) is 26.6. The molecule has 0 aromatic rings. The first kappa shape index (κ1) is 37.5. The van der Waals surface area contributed by atoms with Gasteiger partial charge in [0.05, 0.1) is 24.5 Å². The van der Waals surface area contributed by atoms with Crippen LogP contribution in [0, 0.1) is 11.8 Å². The van der Waals surface area contributed by atoms with Gasteiger partial charge in [-0.3, -0.25) is 39.0 Å². The normalized spacial score (nSPS) is 19.8. The van der Waals surface area contributed by atoms with Gasteiger partial charge in [-0.1, -0.05) is 26.7 Å². The summed E-state index contributed by atoms with van der Waals surface area (Å²) in [5.74, 6) is -3.48. The summed E-state index contributed by atoms with van der Waals surface area (Å²) < 4.78 is 0. The number of unbranched alkanes of at least 4 members (excludes halogenated alkanes) is 3. The lowest BCUT2D eigenvalue weighted by atomic mass is 9.99. The van der Waals surface area contributed by atoms with Gasteiger partial charge in [0.15, 0.2) is 5.78 Å². The second-order valence-electron chi connectivity index (χ2n) is 12.2. The molecule has 5 atom stereocenters. The fourth-order valence-electron chi connectivity index (χ4n) is 5.39. The number of aliphatic carboxylic acids is 1. The number of hydrogen-bond acceptors (Lipinski definition) is 9. The van der Waals surface area contributed by atoms with E-state index >= 15 is 0 Å². The molecule has 0 radical (unpaired) electrons. The summed E-state index contributed by atoms with van der Waals surface area (Å²) in [7, 11) is 0. The summed E-state index contributed by atoms with van der Waals surface area (Å²) in [4.78, 5) is 86.3. The predicted octanol–water partition coefficient (Wildman–Crippen LogP) is 0.143. The van der Waals surface area contributed by atoms with Crippen LogP contribution in [0.1, 0.15) is 85.0 Å². The molecule has 5 amide bonds. The van der Waals surface area contributed by atoms with Crippen LogP contribution in [0.5, 0.6) is 0 Å². The Labute approximate surface area is 264 Å². The van der Waals surface area contributed by atoms with E-state index in [1.807, 2.05) is 0 Å². The molecule has 0 aromatic heterocycles. The average Bonchev–Trinajstić information content (AvgIpc) is 3.56. The lowest BCUT2D eigenvalue weighted by molar-refractivity contribution is -0.142. The summed E-state index contributed by atoms with van der Waals surface area (Å²) in [5.41, 5.74) is 5.96. The number of nitrogens with one attached hydrogen (secondary N) is 4. The third-order valence-electron chi connectivity index (χ3n) is 8.23. The molecule has 0 bridgehead atoms. The molecule has 2 rings (SSSR count). The number of ketones is 1. The number of carbonyl (C=O) groups excluding carboxylic acids is 6. The molecule has 7 N–H and O–H groups in total. The highest BCUT2D eigenvalue weighted by atomic mass is 16.4. The Morgan fingerprint density at radius 1 is 0.956 bits per heavy atom. The van der Waals surface area contributed by atoms with Crippen LogP contribution in [0.15, 0.2) is 12.2 Å². The number of rotatable bonds is 21. The number of carboxylic acid groups (broad SMARTS) is 1. The van der Waals surface area contributed by atoms with Crippen LogP contribution >= 0.6 is 0 Å². The highest BCUT2D eigenvalue weighted by Gasteiger charge is 2.30. The number of nitrogens with zero attached hydrogens (tertiary/aromatic N) is 1. The van der Waals surface area contributed by atoms with Crippen molar-refractivity contribution < 1.29 is 38.7 Å². The van der Waals surface area contributed by atoms with Crippen molar-refractivity contribution >= 4 is 41.3 Å². The van der Waals surface area contributed by atoms with Crippen molar-refractivity contribution in [1.29, 1.82) is 0 Å². The first-order valence-corrected chi connectivity index (χ1v) is 16.0. The molecule has 1 aliphatic heterocycles. The summed E-state index contributed by atoms with van der Waals surface area (Å²) in [6.45, 7) is 5.60.